The Morgan fingerprint density at radius 2 is 2.04 bits per heavy atom. The number of nitrogens with zero attached hydrogens (tertiary/aromatic N) is 3. The molecule has 6 nitrogen and oxygen atoms in total. The number of carbonyl (C=O) groups is 2. The molecule has 0 aliphatic carbocycles. The first-order chi connectivity index (χ1) is 12.1. The largest absolute Gasteiger partial charge is 0.452 e. The van der Waals surface area contributed by atoms with Crippen molar-refractivity contribution < 1.29 is 14.3 Å². The summed E-state index contributed by atoms with van der Waals surface area (Å²) in [6.45, 7) is 1.58. The molecule has 3 aromatic rings. The number of thiazole rings is 1. The van der Waals surface area contributed by atoms with E-state index in [0.717, 1.165) is 15.2 Å². The van der Waals surface area contributed by atoms with E-state index < -0.39 is 5.97 Å². The van der Waals surface area contributed by atoms with Crippen LogP contribution < -0.4 is 0 Å². The minimum atomic E-state index is -0.567. The van der Waals surface area contributed by atoms with Crippen molar-refractivity contribution >= 4 is 33.4 Å². The summed E-state index contributed by atoms with van der Waals surface area (Å²) < 4.78 is 6.15. The van der Waals surface area contributed by atoms with Gasteiger partial charge in [-0.3, -0.25) is 9.78 Å². The lowest BCUT2D eigenvalue weighted by Crippen LogP contribution is -2.33. The summed E-state index contributed by atoms with van der Waals surface area (Å²) in [4.78, 5) is 34.2. The summed E-state index contributed by atoms with van der Waals surface area (Å²) in [6, 6.07) is 10.9. The maximum absolute atomic E-state index is 12.3. The first-order valence-electron chi connectivity index (χ1n) is 7.74. The van der Waals surface area contributed by atoms with Crippen molar-refractivity contribution in [2.24, 2.45) is 0 Å². The first kappa shape index (κ1) is 17.0. The third kappa shape index (κ3) is 3.83. The number of pyridine rings is 1. The van der Waals surface area contributed by atoms with Crippen molar-refractivity contribution in [2.45, 2.75) is 13.0 Å². The smallest absolute Gasteiger partial charge is 0.340 e. The number of carbonyl (C=O) groups excluding carboxylic acids is 2. The highest BCUT2D eigenvalue weighted by Gasteiger charge is 2.22. The van der Waals surface area contributed by atoms with Crippen LogP contribution in [0.5, 0.6) is 0 Å². The van der Waals surface area contributed by atoms with Gasteiger partial charge in [0.05, 0.1) is 21.8 Å². The van der Waals surface area contributed by atoms with Crippen LogP contribution in [0.25, 0.3) is 10.2 Å². The van der Waals surface area contributed by atoms with Crippen LogP contribution in [0, 0.1) is 0 Å². The summed E-state index contributed by atoms with van der Waals surface area (Å²) in [6.07, 6.45) is 2.97. The van der Waals surface area contributed by atoms with Gasteiger partial charge in [-0.15, -0.1) is 11.3 Å². The molecule has 0 fully saturated rings. The number of hydrogen-bond acceptors (Lipinski definition) is 6. The van der Waals surface area contributed by atoms with Gasteiger partial charge in [-0.05, 0) is 31.2 Å². The number of ether oxygens (including phenoxy) is 1. The summed E-state index contributed by atoms with van der Waals surface area (Å²) in [5.41, 5.74) is 1.23. The molecule has 128 valence electrons. The molecule has 0 unspecified atom stereocenters. The molecule has 0 aliphatic rings. The van der Waals surface area contributed by atoms with Gasteiger partial charge < -0.3 is 9.64 Å². The van der Waals surface area contributed by atoms with Gasteiger partial charge >= 0.3 is 5.97 Å². The fourth-order valence-corrected chi connectivity index (χ4v) is 3.31. The lowest BCUT2D eigenvalue weighted by Gasteiger charge is -2.23. The molecular formula is C18H17N3O3S. The number of aromatic nitrogens is 2. The Morgan fingerprint density at radius 3 is 2.76 bits per heavy atom. The van der Waals surface area contributed by atoms with E-state index in [2.05, 4.69) is 9.97 Å². The van der Waals surface area contributed by atoms with E-state index in [1.165, 1.54) is 11.1 Å². The Hall–Kier alpha value is -2.80. The van der Waals surface area contributed by atoms with Gasteiger partial charge in [-0.2, -0.15) is 0 Å². The van der Waals surface area contributed by atoms with E-state index in [4.69, 9.17) is 4.74 Å². The molecule has 1 amide bonds. The lowest BCUT2D eigenvalue weighted by atomic mass is 10.3. The average molecular weight is 355 g/mol. The van der Waals surface area contributed by atoms with Gasteiger partial charge in [0.15, 0.2) is 6.61 Å². The quantitative estimate of drug-likeness (QED) is 0.658. The molecular weight excluding hydrogens is 338 g/mol. The second-order valence-corrected chi connectivity index (χ2v) is 6.58. The Kier molecular flexibility index (Phi) is 5.04. The maximum Gasteiger partial charge on any atom is 0.340 e. The highest BCUT2D eigenvalue weighted by Crippen LogP contribution is 2.28. The predicted octanol–water partition coefficient (Wildman–Crippen LogP) is 3.07. The zero-order valence-electron chi connectivity index (χ0n) is 13.9. The molecule has 0 radical (unpaired) electrons. The van der Waals surface area contributed by atoms with Gasteiger partial charge in [0.2, 0.25) is 0 Å². The third-order valence-electron chi connectivity index (χ3n) is 3.87. The van der Waals surface area contributed by atoms with E-state index >= 15 is 0 Å². The number of esters is 1. The normalized spacial score (nSPS) is 11.9. The van der Waals surface area contributed by atoms with Gasteiger partial charge in [-0.25, -0.2) is 9.78 Å². The molecule has 0 N–H and O–H groups in total. The summed E-state index contributed by atoms with van der Waals surface area (Å²) in [7, 11) is 1.68. The standard InChI is InChI=1S/C18H17N3O3S/c1-12(17-20-14-7-3-4-8-15(14)25-17)21(2)16(22)11-24-18(23)13-6-5-9-19-10-13/h3-10,12H,11H2,1-2H3/t12-/m0/s1. The molecule has 2 aromatic heterocycles. The molecule has 0 aliphatic heterocycles. The highest BCUT2D eigenvalue weighted by molar-refractivity contribution is 7.18. The number of hydrogen-bond donors (Lipinski definition) is 0. The van der Waals surface area contributed by atoms with Crippen molar-refractivity contribution in [1.29, 1.82) is 0 Å². The van der Waals surface area contributed by atoms with Crippen LogP contribution >= 0.6 is 11.3 Å². The fraction of sp³-hybridized carbons (Fsp3) is 0.222. The molecule has 25 heavy (non-hydrogen) atoms. The van der Waals surface area contributed by atoms with E-state index in [0.29, 0.717) is 5.56 Å². The second kappa shape index (κ2) is 7.40. The van der Waals surface area contributed by atoms with Crippen molar-refractivity contribution in [3.05, 3.63) is 59.4 Å². The fourth-order valence-electron chi connectivity index (χ4n) is 2.25. The van der Waals surface area contributed by atoms with Crippen LogP contribution in [-0.4, -0.2) is 40.4 Å². The van der Waals surface area contributed by atoms with Crippen LogP contribution in [0.4, 0.5) is 0 Å². The van der Waals surface area contributed by atoms with Crippen molar-refractivity contribution in [3.63, 3.8) is 0 Å². The van der Waals surface area contributed by atoms with Crippen LogP contribution in [0.15, 0.2) is 48.8 Å². The molecule has 0 saturated heterocycles. The number of benzene rings is 1. The van der Waals surface area contributed by atoms with Crippen molar-refractivity contribution in [3.8, 4) is 0 Å². The van der Waals surface area contributed by atoms with E-state index in [1.54, 1.807) is 36.7 Å². The average Bonchev–Trinajstić information content (AvgIpc) is 3.09. The third-order valence-corrected chi connectivity index (χ3v) is 5.07. The van der Waals surface area contributed by atoms with E-state index in [1.807, 2.05) is 31.2 Å². The number of rotatable bonds is 5. The Labute approximate surface area is 149 Å². The molecule has 1 atom stereocenters. The second-order valence-electron chi connectivity index (χ2n) is 5.52. The molecule has 1 aromatic carbocycles. The van der Waals surface area contributed by atoms with Crippen LogP contribution in [0.3, 0.4) is 0 Å². The van der Waals surface area contributed by atoms with E-state index in [9.17, 15) is 9.59 Å². The summed E-state index contributed by atoms with van der Waals surface area (Å²) in [5, 5.41) is 0.843. The number of para-hydroxylation sites is 1. The Morgan fingerprint density at radius 1 is 1.24 bits per heavy atom. The minimum absolute atomic E-state index is 0.206. The lowest BCUT2D eigenvalue weighted by molar-refractivity contribution is -0.135. The molecule has 0 saturated carbocycles. The molecule has 3 rings (SSSR count). The topological polar surface area (TPSA) is 72.4 Å². The number of fused-ring (bicyclic) bond motifs is 1. The van der Waals surface area contributed by atoms with Crippen molar-refractivity contribution in [1.82, 2.24) is 14.9 Å². The minimum Gasteiger partial charge on any atom is -0.452 e. The van der Waals surface area contributed by atoms with Gasteiger partial charge in [0.1, 0.15) is 5.01 Å². The summed E-state index contributed by atoms with van der Waals surface area (Å²) in [5.74, 6) is -0.855. The zero-order chi connectivity index (χ0) is 17.8. The molecule has 0 bridgehead atoms. The monoisotopic (exact) mass is 355 g/mol. The van der Waals surface area contributed by atoms with Crippen LogP contribution in [-0.2, 0) is 9.53 Å². The highest BCUT2D eigenvalue weighted by atomic mass is 32.1. The SMILES string of the molecule is C[C@@H](c1nc2ccccc2s1)N(C)C(=O)COC(=O)c1cccnc1. The van der Waals surface area contributed by atoms with Crippen molar-refractivity contribution in [2.75, 3.05) is 13.7 Å². The Balaban J connectivity index is 1.62. The molecule has 2 heterocycles. The maximum atomic E-state index is 12.3. The summed E-state index contributed by atoms with van der Waals surface area (Å²) >= 11 is 1.55. The van der Waals surface area contributed by atoms with Crippen LogP contribution in [0.2, 0.25) is 0 Å². The Bertz CT molecular complexity index is 862. The van der Waals surface area contributed by atoms with Gasteiger partial charge in [0.25, 0.3) is 5.91 Å². The van der Waals surface area contributed by atoms with Gasteiger partial charge in [0, 0.05) is 19.4 Å². The molecule has 7 heteroatoms. The van der Waals surface area contributed by atoms with Gasteiger partial charge in [-0.1, -0.05) is 12.1 Å². The molecule has 0 spiro atoms. The number of amides is 1. The van der Waals surface area contributed by atoms with Crippen LogP contribution in [0.1, 0.15) is 28.3 Å². The number of likely N-dealkylation sites (N-methyl/N-ethyl adjacent to an activating group) is 1. The first-order valence-corrected chi connectivity index (χ1v) is 8.56. The predicted molar refractivity (Wildman–Crippen MR) is 95.3 cm³/mol. The van der Waals surface area contributed by atoms with E-state index in [-0.39, 0.29) is 18.6 Å². The zero-order valence-corrected chi connectivity index (χ0v) is 14.7.